The van der Waals surface area contributed by atoms with E-state index in [0.717, 1.165) is 12.8 Å². The molecule has 0 bridgehead atoms. The van der Waals surface area contributed by atoms with E-state index >= 15 is 0 Å². The molecular formula is C15H26O4. The van der Waals surface area contributed by atoms with Crippen LogP contribution < -0.4 is 0 Å². The van der Waals surface area contributed by atoms with Crippen LogP contribution in [0.4, 0.5) is 0 Å². The highest BCUT2D eigenvalue weighted by Crippen LogP contribution is 2.36. The number of unbranched alkanes of at least 4 members (excludes halogenated alkanes) is 1. The molecule has 0 N–H and O–H groups in total. The molecular weight excluding hydrogens is 244 g/mol. The van der Waals surface area contributed by atoms with E-state index in [1.54, 1.807) is 26.8 Å². The van der Waals surface area contributed by atoms with E-state index in [-0.39, 0.29) is 13.2 Å². The zero-order valence-electron chi connectivity index (χ0n) is 12.7. The average Bonchev–Trinajstić information content (AvgIpc) is 2.39. The predicted octanol–water partition coefficient (Wildman–Crippen LogP) is 3.26. The van der Waals surface area contributed by atoms with Gasteiger partial charge in [0.25, 0.3) is 0 Å². The molecule has 0 aliphatic heterocycles. The molecule has 0 saturated carbocycles. The molecule has 4 nitrogen and oxygen atoms in total. The summed E-state index contributed by atoms with van der Waals surface area (Å²) < 4.78 is 10.2. The molecule has 19 heavy (non-hydrogen) atoms. The first kappa shape index (κ1) is 17.7. The van der Waals surface area contributed by atoms with Crippen LogP contribution in [0.5, 0.6) is 0 Å². The normalized spacial score (nSPS) is 12.2. The van der Waals surface area contributed by atoms with Gasteiger partial charge in [0.15, 0.2) is 5.41 Å². The summed E-state index contributed by atoms with van der Waals surface area (Å²) in [6.45, 7) is 9.59. The fourth-order valence-corrected chi connectivity index (χ4v) is 2.00. The van der Waals surface area contributed by atoms with Gasteiger partial charge in [0.2, 0.25) is 0 Å². The summed E-state index contributed by atoms with van der Waals surface area (Å²) in [6.07, 6.45) is 3.88. The first-order valence-corrected chi connectivity index (χ1v) is 6.98. The van der Waals surface area contributed by atoms with Gasteiger partial charge in [0.1, 0.15) is 0 Å². The van der Waals surface area contributed by atoms with Gasteiger partial charge in [-0.25, -0.2) is 0 Å². The summed E-state index contributed by atoms with van der Waals surface area (Å²) in [7, 11) is 0. The van der Waals surface area contributed by atoms with Crippen molar-refractivity contribution in [3.8, 4) is 0 Å². The minimum absolute atomic E-state index is 0.253. The lowest BCUT2D eigenvalue weighted by Gasteiger charge is -2.30. The van der Waals surface area contributed by atoms with E-state index < -0.39 is 17.4 Å². The summed E-state index contributed by atoms with van der Waals surface area (Å²) in [5.74, 6) is -1.00. The largest absolute Gasteiger partial charge is 0.465 e. The molecule has 0 unspecified atom stereocenters. The van der Waals surface area contributed by atoms with Crippen molar-refractivity contribution in [2.24, 2.45) is 5.41 Å². The van der Waals surface area contributed by atoms with Crippen molar-refractivity contribution in [2.75, 3.05) is 13.2 Å². The van der Waals surface area contributed by atoms with Gasteiger partial charge in [-0.05, 0) is 39.7 Å². The van der Waals surface area contributed by atoms with Crippen molar-refractivity contribution in [2.45, 2.75) is 53.9 Å². The summed E-state index contributed by atoms with van der Waals surface area (Å²) in [5.41, 5.74) is -0.589. The molecule has 0 atom stereocenters. The van der Waals surface area contributed by atoms with Crippen molar-refractivity contribution >= 4 is 11.9 Å². The van der Waals surface area contributed by atoms with Crippen LogP contribution in [0.2, 0.25) is 0 Å². The van der Waals surface area contributed by atoms with Crippen LogP contribution in [0.15, 0.2) is 11.6 Å². The number of hydrogen-bond donors (Lipinski definition) is 0. The molecule has 0 aromatic rings. The lowest BCUT2D eigenvalue weighted by molar-refractivity contribution is -0.169. The number of carbonyl (C=O) groups is 2. The molecule has 0 radical (unpaired) electrons. The third kappa shape index (κ3) is 4.08. The molecule has 0 aliphatic rings. The quantitative estimate of drug-likeness (QED) is 0.386. The fourth-order valence-electron chi connectivity index (χ4n) is 2.00. The van der Waals surface area contributed by atoms with Gasteiger partial charge in [-0.1, -0.05) is 25.8 Å². The Morgan fingerprint density at radius 3 is 1.84 bits per heavy atom. The summed E-state index contributed by atoms with van der Waals surface area (Å²) >= 11 is 0. The highest BCUT2D eigenvalue weighted by atomic mass is 16.6. The minimum atomic E-state index is -1.28. The number of rotatable bonds is 8. The molecule has 0 saturated heterocycles. The highest BCUT2D eigenvalue weighted by molar-refractivity contribution is 6.03. The molecule has 0 aromatic heterocycles. The standard InChI is InChI=1S/C15H26O4/c1-6-10-11-15(12(5)7-2,13(16)18-8-3)14(17)19-9-4/h7H,6,8-11H2,1-5H3. The Bertz CT molecular complexity index is 313. The lowest BCUT2D eigenvalue weighted by Crippen LogP contribution is -2.43. The van der Waals surface area contributed by atoms with Gasteiger partial charge >= 0.3 is 11.9 Å². The van der Waals surface area contributed by atoms with Crippen molar-refractivity contribution in [3.05, 3.63) is 11.6 Å². The maximum absolute atomic E-state index is 12.3. The fraction of sp³-hybridized carbons (Fsp3) is 0.733. The number of hydrogen-bond acceptors (Lipinski definition) is 4. The summed E-state index contributed by atoms with van der Waals surface area (Å²) in [6, 6.07) is 0. The van der Waals surface area contributed by atoms with Crippen molar-refractivity contribution in [3.63, 3.8) is 0 Å². The number of esters is 2. The molecule has 0 aliphatic carbocycles. The second-order valence-electron chi connectivity index (χ2n) is 4.42. The van der Waals surface area contributed by atoms with E-state index in [0.29, 0.717) is 12.0 Å². The van der Waals surface area contributed by atoms with Gasteiger partial charge in [-0.3, -0.25) is 9.59 Å². The van der Waals surface area contributed by atoms with Gasteiger partial charge in [-0.2, -0.15) is 0 Å². The Balaban J connectivity index is 5.57. The Labute approximate surface area is 116 Å². The van der Waals surface area contributed by atoms with Crippen molar-refractivity contribution in [1.29, 1.82) is 0 Å². The monoisotopic (exact) mass is 270 g/mol. The number of carbonyl (C=O) groups excluding carboxylic acids is 2. The van der Waals surface area contributed by atoms with E-state index in [2.05, 4.69) is 0 Å². The maximum atomic E-state index is 12.3. The van der Waals surface area contributed by atoms with Crippen LogP contribution in [0.1, 0.15) is 53.9 Å². The van der Waals surface area contributed by atoms with Crippen LogP contribution in [0.25, 0.3) is 0 Å². The van der Waals surface area contributed by atoms with E-state index in [9.17, 15) is 9.59 Å². The van der Waals surface area contributed by atoms with Crippen LogP contribution in [0.3, 0.4) is 0 Å². The maximum Gasteiger partial charge on any atom is 0.327 e. The SMILES string of the molecule is CC=C(C)C(CCCC)(C(=O)OCC)C(=O)OCC. The third-order valence-electron chi connectivity index (χ3n) is 3.26. The molecule has 0 fully saturated rings. The summed E-state index contributed by atoms with van der Waals surface area (Å²) in [5, 5.41) is 0. The van der Waals surface area contributed by atoms with E-state index in [1.807, 2.05) is 13.8 Å². The van der Waals surface area contributed by atoms with E-state index in [1.165, 1.54) is 0 Å². The second-order valence-corrected chi connectivity index (χ2v) is 4.42. The topological polar surface area (TPSA) is 52.6 Å². The molecule has 0 spiro atoms. The smallest absolute Gasteiger partial charge is 0.327 e. The second kappa shape index (κ2) is 8.73. The van der Waals surface area contributed by atoms with Crippen LogP contribution >= 0.6 is 0 Å². The third-order valence-corrected chi connectivity index (χ3v) is 3.26. The van der Waals surface area contributed by atoms with Crippen molar-refractivity contribution in [1.82, 2.24) is 0 Å². The molecule has 0 heterocycles. The lowest BCUT2D eigenvalue weighted by atomic mass is 9.76. The minimum Gasteiger partial charge on any atom is -0.465 e. The summed E-state index contributed by atoms with van der Waals surface area (Å²) in [4.78, 5) is 24.6. The Morgan fingerprint density at radius 2 is 1.53 bits per heavy atom. The zero-order valence-corrected chi connectivity index (χ0v) is 12.7. The first-order chi connectivity index (χ1) is 9.00. The van der Waals surface area contributed by atoms with Gasteiger partial charge in [0, 0.05) is 0 Å². The van der Waals surface area contributed by atoms with Gasteiger partial charge in [-0.15, -0.1) is 0 Å². The Morgan fingerprint density at radius 1 is 1.05 bits per heavy atom. The van der Waals surface area contributed by atoms with Crippen molar-refractivity contribution < 1.29 is 19.1 Å². The average molecular weight is 270 g/mol. The number of allylic oxidation sites excluding steroid dienone is 1. The molecule has 0 amide bonds. The number of ether oxygens (including phenoxy) is 2. The Hall–Kier alpha value is -1.32. The molecule has 4 heteroatoms. The van der Waals surface area contributed by atoms with Crippen LogP contribution in [0, 0.1) is 5.41 Å². The predicted molar refractivity (Wildman–Crippen MR) is 74.7 cm³/mol. The molecule has 0 aromatic carbocycles. The highest BCUT2D eigenvalue weighted by Gasteiger charge is 2.49. The van der Waals surface area contributed by atoms with Gasteiger partial charge < -0.3 is 9.47 Å². The van der Waals surface area contributed by atoms with E-state index in [4.69, 9.17) is 9.47 Å². The zero-order chi connectivity index (χ0) is 14.9. The van der Waals surface area contributed by atoms with Crippen LogP contribution in [-0.2, 0) is 19.1 Å². The van der Waals surface area contributed by atoms with Gasteiger partial charge in [0.05, 0.1) is 13.2 Å². The Kier molecular flexibility index (Phi) is 8.12. The first-order valence-electron chi connectivity index (χ1n) is 6.98. The van der Waals surface area contributed by atoms with Crippen LogP contribution in [-0.4, -0.2) is 25.2 Å². The molecule has 0 rings (SSSR count). The molecule has 110 valence electrons.